The van der Waals surface area contributed by atoms with Gasteiger partial charge >= 0.3 is 5.97 Å². The number of benzene rings is 1. The van der Waals surface area contributed by atoms with E-state index in [0.717, 1.165) is 28.0 Å². The lowest BCUT2D eigenvalue weighted by atomic mass is 10.1. The number of anilines is 2. The molecule has 1 aromatic carbocycles. The number of hydrogen-bond acceptors (Lipinski definition) is 7. The van der Waals surface area contributed by atoms with Crippen molar-refractivity contribution in [3.05, 3.63) is 29.8 Å². The van der Waals surface area contributed by atoms with Gasteiger partial charge < -0.3 is 10.1 Å². The number of rotatable bonds is 5. The Morgan fingerprint density at radius 1 is 1.43 bits per heavy atom. The summed E-state index contributed by atoms with van der Waals surface area (Å²) >= 11 is 2.89. The topological polar surface area (TPSA) is 64.1 Å². The van der Waals surface area contributed by atoms with Crippen LogP contribution in [0.4, 0.5) is 10.8 Å². The standard InChI is InChI=1S/C14H15N3O2S2/c1-2-9-5-3-4-6-10(9)15-13-16-17-14(21-13)20-11-7-8-19-12(11)18/h3-6,11H,2,7-8H2,1H3,(H,15,16). The number of carbonyl (C=O) groups is 1. The van der Waals surface area contributed by atoms with E-state index < -0.39 is 0 Å². The number of nitrogens with zero attached hydrogens (tertiary/aromatic N) is 2. The average molecular weight is 321 g/mol. The molecular formula is C14H15N3O2S2. The molecule has 1 N–H and O–H groups in total. The second-order valence-corrected chi connectivity index (χ2v) is 7.00. The van der Waals surface area contributed by atoms with Crippen molar-refractivity contribution in [1.82, 2.24) is 10.2 Å². The molecule has 3 rings (SSSR count). The maximum absolute atomic E-state index is 11.5. The van der Waals surface area contributed by atoms with Crippen LogP contribution in [0.2, 0.25) is 0 Å². The monoisotopic (exact) mass is 321 g/mol. The van der Waals surface area contributed by atoms with Gasteiger partial charge in [-0.25, -0.2) is 0 Å². The fourth-order valence-electron chi connectivity index (χ4n) is 2.08. The zero-order valence-electron chi connectivity index (χ0n) is 11.5. The van der Waals surface area contributed by atoms with E-state index in [4.69, 9.17) is 4.74 Å². The van der Waals surface area contributed by atoms with Crippen molar-refractivity contribution in [2.75, 3.05) is 11.9 Å². The summed E-state index contributed by atoms with van der Waals surface area (Å²) in [5.41, 5.74) is 2.29. The molecule has 2 heterocycles. The molecule has 1 unspecified atom stereocenters. The Hall–Kier alpha value is -1.60. The summed E-state index contributed by atoms with van der Waals surface area (Å²) in [6, 6.07) is 8.14. The highest BCUT2D eigenvalue weighted by atomic mass is 32.2. The van der Waals surface area contributed by atoms with Gasteiger partial charge in [-0.3, -0.25) is 4.79 Å². The SMILES string of the molecule is CCc1ccccc1Nc1nnc(SC2CCOC2=O)s1. The van der Waals surface area contributed by atoms with Crippen molar-refractivity contribution >= 4 is 39.9 Å². The number of aromatic nitrogens is 2. The summed E-state index contributed by atoms with van der Waals surface area (Å²) in [6.45, 7) is 2.62. The molecular weight excluding hydrogens is 306 g/mol. The van der Waals surface area contributed by atoms with Crippen LogP contribution in [0, 0.1) is 0 Å². The molecule has 21 heavy (non-hydrogen) atoms. The fourth-order valence-corrected chi connectivity index (χ4v) is 4.06. The molecule has 0 spiro atoms. The third-order valence-corrected chi connectivity index (χ3v) is 5.34. The molecule has 5 nitrogen and oxygen atoms in total. The Bertz CT molecular complexity index is 645. The molecule has 1 atom stereocenters. The Morgan fingerprint density at radius 3 is 3.05 bits per heavy atom. The Balaban J connectivity index is 1.69. The maximum Gasteiger partial charge on any atom is 0.319 e. The lowest BCUT2D eigenvalue weighted by molar-refractivity contribution is -0.137. The number of cyclic esters (lactones) is 1. The van der Waals surface area contributed by atoms with Crippen molar-refractivity contribution < 1.29 is 9.53 Å². The average Bonchev–Trinajstić information content (AvgIpc) is 3.10. The van der Waals surface area contributed by atoms with Gasteiger partial charge in [0.1, 0.15) is 5.25 Å². The number of thioether (sulfide) groups is 1. The number of hydrogen-bond donors (Lipinski definition) is 1. The van der Waals surface area contributed by atoms with Crippen LogP contribution in [0.1, 0.15) is 18.9 Å². The minimum Gasteiger partial charge on any atom is -0.465 e. The van der Waals surface area contributed by atoms with Crippen molar-refractivity contribution in [1.29, 1.82) is 0 Å². The predicted octanol–water partition coefficient (Wildman–Crippen LogP) is 3.25. The first kappa shape index (κ1) is 14.3. The first-order valence-electron chi connectivity index (χ1n) is 6.78. The van der Waals surface area contributed by atoms with E-state index in [0.29, 0.717) is 6.61 Å². The molecule has 1 aliphatic heterocycles. The number of ether oxygens (including phenoxy) is 1. The molecule has 1 saturated heterocycles. The smallest absolute Gasteiger partial charge is 0.319 e. The molecule has 0 aliphatic carbocycles. The molecule has 0 bridgehead atoms. The van der Waals surface area contributed by atoms with E-state index in [9.17, 15) is 4.79 Å². The first-order valence-corrected chi connectivity index (χ1v) is 8.47. The molecule has 0 radical (unpaired) electrons. The van der Waals surface area contributed by atoms with Crippen LogP contribution in [0.15, 0.2) is 28.6 Å². The molecule has 1 fully saturated rings. The minimum atomic E-state index is -0.152. The van der Waals surface area contributed by atoms with Gasteiger partial charge in [0.2, 0.25) is 5.13 Å². The van der Waals surface area contributed by atoms with Crippen molar-refractivity contribution in [2.45, 2.75) is 29.4 Å². The number of carbonyl (C=O) groups excluding carboxylic acids is 1. The zero-order valence-corrected chi connectivity index (χ0v) is 13.2. The molecule has 1 aromatic heterocycles. The molecule has 0 saturated carbocycles. The Kier molecular flexibility index (Phi) is 4.40. The summed E-state index contributed by atoms with van der Waals surface area (Å²) in [5, 5.41) is 12.2. The van der Waals surface area contributed by atoms with Gasteiger partial charge in [-0.2, -0.15) is 0 Å². The van der Waals surface area contributed by atoms with Crippen LogP contribution >= 0.6 is 23.1 Å². The van der Waals surface area contributed by atoms with Gasteiger partial charge in [-0.15, -0.1) is 10.2 Å². The molecule has 2 aromatic rings. The largest absolute Gasteiger partial charge is 0.465 e. The summed E-state index contributed by atoms with van der Waals surface area (Å²) < 4.78 is 5.74. The third kappa shape index (κ3) is 3.36. The van der Waals surface area contributed by atoms with Crippen molar-refractivity contribution in [3.8, 4) is 0 Å². The van der Waals surface area contributed by atoms with Gasteiger partial charge in [0.05, 0.1) is 6.61 Å². The van der Waals surface area contributed by atoms with E-state index in [1.165, 1.54) is 28.7 Å². The molecule has 1 aliphatic rings. The highest BCUT2D eigenvalue weighted by Gasteiger charge is 2.28. The van der Waals surface area contributed by atoms with Gasteiger partial charge in [0.25, 0.3) is 0 Å². The fraction of sp³-hybridized carbons (Fsp3) is 0.357. The van der Waals surface area contributed by atoms with E-state index in [1.807, 2.05) is 18.2 Å². The third-order valence-electron chi connectivity index (χ3n) is 3.18. The predicted molar refractivity (Wildman–Crippen MR) is 84.2 cm³/mol. The zero-order chi connectivity index (χ0) is 14.7. The highest BCUT2D eigenvalue weighted by molar-refractivity contribution is 8.02. The number of aryl methyl sites for hydroxylation is 1. The summed E-state index contributed by atoms with van der Waals surface area (Å²) in [5.74, 6) is -0.152. The van der Waals surface area contributed by atoms with Crippen molar-refractivity contribution in [3.63, 3.8) is 0 Å². The van der Waals surface area contributed by atoms with Gasteiger partial charge in [0.15, 0.2) is 4.34 Å². The normalized spacial score (nSPS) is 17.8. The summed E-state index contributed by atoms with van der Waals surface area (Å²) in [7, 11) is 0. The second kappa shape index (κ2) is 6.44. The van der Waals surface area contributed by atoms with Crippen LogP contribution < -0.4 is 5.32 Å². The lowest BCUT2D eigenvalue weighted by Crippen LogP contribution is -2.08. The molecule has 110 valence electrons. The van der Waals surface area contributed by atoms with E-state index in [1.54, 1.807) is 0 Å². The van der Waals surface area contributed by atoms with Gasteiger partial charge in [0, 0.05) is 12.1 Å². The minimum absolute atomic E-state index is 0.145. The Labute approximate surface area is 131 Å². The second-order valence-electron chi connectivity index (χ2n) is 4.57. The van der Waals surface area contributed by atoms with E-state index >= 15 is 0 Å². The van der Waals surface area contributed by atoms with Crippen LogP contribution in [0.25, 0.3) is 0 Å². The van der Waals surface area contributed by atoms with Crippen molar-refractivity contribution in [2.24, 2.45) is 0 Å². The quantitative estimate of drug-likeness (QED) is 0.853. The summed E-state index contributed by atoms with van der Waals surface area (Å²) in [4.78, 5) is 11.5. The Morgan fingerprint density at radius 2 is 2.29 bits per heavy atom. The highest BCUT2D eigenvalue weighted by Crippen LogP contribution is 2.34. The van der Waals surface area contributed by atoms with Crippen LogP contribution in [-0.2, 0) is 16.0 Å². The number of esters is 1. The molecule has 0 amide bonds. The lowest BCUT2D eigenvalue weighted by Gasteiger charge is -2.07. The van der Waals surface area contributed by atoms with Crippen LogP contribution in [0.3, 0.4) is 0 Å². The maximum atomic E-state index is 11.5. The molecule has 7 heteroatoms. The van der Waals surface area contributed by atoms with Crippen LogP contribution in [0.5, 0.6) is 0 Å². The first-order chi connectivity index (χ1) is 10.3. The summed E-state index contributed by atoms with van der Waals surface area (Å²) in [6.07, 6.45) is 1.70. The van der Waals surface area contributed by atoms with E-state index in [-0.39, 0.29) is 11.2 Å². The number of nitrogens with one attached hydrogen (secondary N) is 1. The number of para-hydroxylation sites is 1. The van der Waals surface area contributed by atoms with Crippen LogP contribution in [-0.4, -0.2) is 28.0 Å². The van der Waals surface area contributed by atoms with E-state index in [2.05, 4.69) is 28.5 Å². The van der Waals surface area contributed by atoms with Gasteiger partial charge in [-0.05, 0) is 18.1 Å². The van der Waals surface area contributed by atoms with Gasteiger partial charge in [-0.1, -0.05) is 48.2 Å².